The molecule has 0 aromatic carbocycles. The highest BCUT2D eigenvalue weighted by Gasteiger charge is 2.39. The van der Waals surface area contributed by atoms with E-state index >= 15 is 0 Å². The first kappa shape index (κ1) is 14.8. The Morgan fingerprint density at radius 2 is 2.00 bits per heavy atom. The minimum absolute atomic E-state index is 0.348. The predicted octanol–water partition coefficient (Wildman–Crippen LogP) is 0.515. The molecule has 2 heterocycles. The fourth-order valence-electron chi connectivity index (χ4n) is 3.50. The maximum atomic E-state index is 11.6. The molecule has 2 saturated heterocycles. The standard InChI is InChI=1S/C14H26N2O3/c1-4-16(9-14(2,18)13(17)19-3)12-7-10-5-6-11(8-12)15-10/h10-12,15,18H,4-9H2,1-3H3. The molecule has 0 aromatic rings. The summed E-state index contributed by atoms with van der Waals surface area (Å²) in [5.41, 5.74) is -1.42. The maximum Gasteiger partial charge on any atom is 0.338 e. The fraction of sp³-hybridized carbons (Fsp3) is 0.929. The first-order valence-electron chi connectivity index (χ1n) is 7.27. The van der Waals surface area contributed by atoms with Gasteiger partial charge in [0, 0.05) is 24.7 Å². The quantitative estimate of drug-likeness (QED) is 0.713. The molecule has 0 saturated carbocycles. The van der Waals surface area contributed by atoms with E-state index in [2.05, 4.69) is 21.9 Å². The summed E-state index contributed by atoms with van der Waals surface area (Å²) in [6.07, 6.45) is 4.74. The molecular formula is C14H26N2O3. The van der Waals surface area contributed by atoms with Gasteiger partial charge in [-0.2, -0.15) is 0 Å². The van der Waals surface area contributed by atoms with E-state index in [0.717, 1.165) is 19.4 Å². The molecule has 0 aliphatic carbocycles. The van der Waals surface area contributed by atoms with Crippen molar-refractivity contribution in [1.29, 1.82) is 0 Å². The Morgan fingerprint density at radius 1 is 1.42 bits per heavy atom. The third-order valence-corrected chi connectivity index (χ3v) is 4.51. The lowest BCUT2D eigenvalue weighted by Gasteiger charge is -2.39. The molecule has 0 radical (unpaired) electrons. The van der Waals surface area contributed by atoms with E-state index in [0.29, 0.717) is 24.7 Å². The van der Waals surface area contributed by atoms with Gasteiger partial charge in [-0.05, 0) is 39.2 Å². The Balaban J connectivity index is 1.98. The van der Waals surface area contributed by atoms with Gasteiger partial charge in [0.2, 0.25) is 0 Å². The number of esters is 1. The summed E-state index contributed by atoms with van der Waals surface area (Å²) >= 11 is 0. The highest BCUT2D eigenvalue weighted by molar-refractivity contribution is 5.78. The van der Waals surface area contributed by atoms with Crippen LogP contribution in [0.4, 0.5) is 0 Å². The van der Waals surface area contributed by atoms with E-state index in [1.54, 1.807) is 0 Å². The van der Waals surface area contributed by atoms with Crippen LogP contribution in [0, 0.1) is 0 Å². The number of likely N-dealkylation sites (N-methyl/N-ethyl adjacent to an activating group) is 1. The van der Waals surface area contributed by atoms with Gasteiger partial charge < -0.3 is 15.2 Å². The number of rotatable bonds is 5. The van der Waals surface area contributed by atoms with Crippen LogP contribution < -0.4 is 5.32 Å². The van der Waals surface area contributed by atoms with Crippen molar-refractivity contribution in [3.05, 3.63) is 0 Å². The third kappa shape index (κ3) is 3.27. The number of carbonyl (C=O) groups is 1. The molecule has 2 rings (SSSR count). The van der Waals surface area contributed by atoms with Gasteiger partial charge in [0.25, 0.3) is 0 Å². The molecule has 2 fully saturated rings. The van der Waals surface area contributed by atoms with Crippen molar-refractivity contribution in [3.63, 3.8) is 0 Å². The molecule has 5 heteroatoms. The number of hydrogen-bond acceptors (Lipinski definition) is 5. The van der Waals surface area contributed by atoms with E-state index < -0.39 is 11.6 Å². The molecular weight excluding hydrogens is 244 g/mol. The summed E-state index contributed by atoms with van der Waals surface area (Å²) in [4.78, 5) is 13.8. The zero-order valence-corrected chi connectivity index (χ0v) is 12.2. The van der Waals surface area contributed by atoms with Crippen molar-refractivity contribution in [2.24, 2.45) is 0 Å². The molecule has 5 nitrogen and oxygen atoms in total. The topological polar surface area (TPSA) is 61.8 Å². The maximum absolute atomic E-state index is 11.6. The van der Waals surface area contributed by atoms with Crippen molar-refractivity contribution in [2.45, 2.75) is 63.3 Å². The van der Waals surface area contributed by atoms with Gasteiger partial charge in [-0.1, -0.05) is 6.92 Å². The lowest BCUT2D eigenvalue weighted by Crippen LogP contribution is -2.54. The number of hydrogen-bond donors (Lipinski definition) is 2. The minimum Gasteiger partial charge on any atom is -0.467 e. The predicted molar refractivity (Wildman–Crippen MR) is 72.9 cm³/mol. The van der Waals surface area contributed by atoms with E-state index in [9.17, 15) is 9.90 Å². The first-order valence-corrected chi connectivity index (χ1v) is 7.27. The van der Waals surface area contributed by atoms with Crippen molar-refractivity contribution in [3.8, 4) is 0 Å². The normalized spacial score (nSPS) is 33.2. The summed E-state index contributed by atoms with van der Waals surface area (Å²) < 4.78 is 4.67. The molecule has 0 spiro atoms. The molecule has 2 bridgehead atoms. The molecule has 0 amide bonds. The van der Waals surface area contributed by atoms with E-state index in [-0.39, 0.29) is 0 Å². The second-order valence-corrected chi connectivity index (χ2v) is 6.09. The SMILES string of the molecule is CCN(CC(C)(O)C(=O)OC)C1CC2CCC(C1)N2. The lowest BCUT2D eigenvalue weighted by atomic mass is 9.96. The Hall–Kier alpha value is -0.650. The van der Waals surface area contributed by atoms with Gasteiger partial charge in [0.15, 0.2) is 5.60 Å². The van der Waals surface area contributed by atoms with Crippen molar-refractivity contribution >= 4 is 5.97 Å². The number of piperidine rings is 1. The Labute approximate surface area is 115 Å². The van der Waals surface area contributed by atoms with E-state index in [1.807, 2.05) is 0 Å². The summed E-state index contributed by atoms with van der Waals surface area (Å²) in [6, 6.07) is 1.68. The Morgan fingerprint density at radius 3 is 2.47 bits per heavy atom. The van der Waals surface area contributed by atoms with Crippen molar-refractivity contribution in [1.82, 2.24) is 10.2 Å². The van der Waals surface area contributed by atoms with E-state index in [1.165, 1.54) is 26.9 Å². The average Bonchev–Trinajstić information content (AvgIpc) is 2.73. The molecule has 19 heavy (non-hydrogen) atoms. The summed E-state index contributed by atoms with van der Waals surface area (Å²) in [5.74, 6) is -0.553. The van der Waals surface area contributed by atoms with Crippen LogP contribution in [-0.2, 0) is 9.53 Å². The third-order valence-electron chi connectivity index (χ3n) is 4.51. The van der Waals surface area contributed by atoms with Crippen LogP contribution in [0.3, 0.4) is 0 Å². The van der Waals surface area contributed by atoms with Gasteiger partial charge in [-0.3, -0.25) is 4.90 Å². The van der Waals surface area contributed by atoms with Crippen LogP contribution in [0.15, 0.2) is 0 Å². The van der Waals surface area contributed by atoms with Gasteiger partial charge in [-0.25, -0.2) is 4.79 Å². The number of nitrogens with zero attached hydrogens (tertiary/aromatic N) is 1. The highest BCUT2D eigenvalue weighted by Crippen LogP contribution is 2.30. The summed E-state index contributed by atoms with van der Waals surface area (Å²) in [6.45, 7) is 4.81. The first-order chi connectivity index (χ1) is 8.96. The van der Waals surface area contributed by atoms with Gasteiger partial charge in [-0.15, -0.1) is 0 Å². The summed E-state index contributed by atoms with van der Waals surface area (Å²) in [5, 5.41) is 13.8. The lowest BCUT2D eigenvalue weighted by molar-refractivity contribution is -0.163. The van der Waals surface area contributed by atoms with E-state index in [4.69, 9.17) is 0 Å². The largest absolute Gasteiger partial charge is 0.467 e. The molecule has 3 unspecified atom stereocenters. The Bertz CT molecular complexity index is 321. The van der Waals surface area contributed by atoms with Gasteiger partial charge in [0.05, 0.1) is 7.11 Å². The number of nitrogens with one attached hydrogen (secondary N) is 1. The zero-order chi connectivity index (χ0) is 14.0. The molecule has 2 N–H and O–H groups in total. The van der Waals surface area contributed by atoms with Crippen molar-refractivity contribution < 1.29 is 14.6 Å². The Kier molecular flexibility index (Phi) is 4.48. The number of aliphatic hydroxyl groups is 1. The zero-order valence-electron chi connectivity index (χ0n) is 12.2. The second-order valence-electron chi connectivity index (χ2n) is 6.09. The minimum atomic E-state index is -1.42. The molecule has 2 aliphatic rings. The highest BCUT2D eigenvalue weighted by atomic mass is 16.5. The van der Waals surface area contributed by atoms with Crippen molar-refractivity contribution in [2.75, 3.05) is 20.2 Å². The number of methoxy groups -OCH3 is 1. The van der Waals surface area contributed by atoms with Gasteiger partial charge in [0.1, 0.15) is 0 Å². The number of fused-ring (bicyclic) bond motifs is 2. The van der Waals surface area contributed by atoms with Crippen LogP contribution in [0.2, 0.25) is 0 Å². The monoisotopic (exact) mass is 270 g/mol. The van der Waals surface area contributed by atoms with Gasteiger partial charge >= 0.3 is 5.97 Å². The van der Waals surface area contributed by atoms with Crippen LogP contribution in [0.5, 0.6) is 0 Å². The second kappa shape index (κ2) is 5.77. The smallest absolute Gasteiger partial charge is 0.338 e. The van der Waals surface area contributed by atoms with Crippen LogP contribution in [-0.4, -0.2) is 59.9 Å². The molecule has 0 aromatic heterocycles. The molecule has 3 atom stereocenters. The fourth-order valence-corrected chi connectivity index (χ4v) is 3.50. The summed E-state index contributed by atoms with van der Waals surface area (Å²) in [7, 11) is 1.32. The number of ether oxygens (including phenoxy) is 1. The van der Waals surface area contributed by atoms with Crippen LogP contribution in [0.25, 0.3) is 0 Å². The average molecular weight is 270 g/mol. The van der Waals surface area contributed by atoms with Crippen LogP contribution in [0.1, 0.15) is 39.5 Å². The molecule has 2 aliphatic heterocycles. The molecule has 110 valence electrons. The van der Waals surface area contributed by atoms with Crippen LogP contribution >= 0.6 is 0 Å². The number of carbonyl (C=O) groups excluding carboxylic acids is 1.